The quantitative estimate of drug-likeness (QED) is 0.576. The van der Waals surface area contributed by atoms with Crippen LogP contribution < -0.4 is 0 Å². The normalized spacial score (nSPS) is 51.8. The van der Waals surface area contributed by atoms with Crippen LogP contribution in [-0.2, 0) is 4.74 Å². The average Bonchev–Trinajstić information content (AvgIpc) is 2.10. The van der Waals surface area contributed by atoms with E-state index in [1.807, 2.05) is 6.26 Å². The van der Waals surface area contributed by atoms with Crippen molar-refractivity contribution in [2.24, 2.45) is 23.7 Å². The van der Waals surface area contributed by atoms with E-state index in [0.29, 0.717) is 0 Å². The van der Waals surface area contributed by atoms with Crippen LogP contribution in [0.4, 0.5) is 0 Å². The second-order valence-corrected chi connectivity index (χ2v) is 5.10. The van der Waals surface area contributed by atoms with Gasteiger partial charge < -0.3 is 4.74 Å². The topological polar surface area (TPSA) is 33.0 Å². The van der Waals surface area contributed by atoms with Crippen molar-refractivity contribution in [1.82, 2.24) is 0 Å². The molecule has 0 aromatic rings. The molecular formula is C11H15NO. The fraction of sp³-hybridized carbons (Fsp3) is 0.909. The van der Waals surface area contributed by atoms with Gasteiger partial charge in [0.1, 0.15) is 6.10 Å². The first kappa shape index (κ1) is 7.67. The number of ether oxygens (including phenoxy) is 1. The Morgan fingerprint density at radius 3 is 1.92 bits per heavy atom. The molecule has 0 amide bonds. The monoisotopic (exact) mass is 177 g/mol. The van der Waals surface area contributed by atoms with E-state index in [0.717, 1.165) is 23.7 Å². The summed E-state index contributed by atoms with van der Waals surface area (Å²) in [5.41, 5.74) is 0. The Balaban J connectivity index is 1.82. The van der Waals surface area contributed by atoms with E-state index in [2.05, 4.69) is 0 Å². The van der Waals surface area contributed by atoms with Crippen LogP contribution in [0.1, 0.15) is 32.1 Å². The Morgan fingerprint density at radius 2 is 1.46 bits per heavy atom. The predicted molar refractivity (Wildman–Crippen MR) is 47.5 cm³/mol. The average molecular weight is 177 g/mol. The molecule has 4 fully saturated rings. The van der Waals surface area contributed by atoms with Crippen molar-refractivity contribution in [3.63, 3.8) is 0 Å². The molecule has 0 spiro atoms. The van der Waals surface area contributed by atoms with Gasteiger partial charge in [-0.25, -0.2) is 0 Å². The van der Waals surface area contributed by atoms with Crippen molar-refractivity contribution in [3.05, 3.63) is 0 Å². The minimum Gasteiger partial charge on any atom is -0.424 e. The highest BCUT2D eigenvalue weighted by atomic mass is 16.5. The maximum Gasteiger partial charge on any atom is 0.286 e. The van der Waals surface area contributed by atoms with Crippen LogP contribution in [0.2, 0.25) is 0 Å². The predicted octanol–water partition coefficient (Wildman–Crippen LogP) is 2.31. The minimum absolute atomic E-state index is 0.290. The molecule has 4 saturated carbocycles. The summed E-state index contributed by atoms with van der Waals surface area (Å²) in [6, 6.07) is 0. The smallest absolute Gasteiger partial charge is 0.286 e. The third-order valence-electron chi connectivity index (χ3n) is 4.33. The first-order valence-electron chi connectivity index (χ1n) is 5.41. The summed E-state index contributed by atoms with van der Waals surface area (Å²) in [6.45, 7) is 0. The molecule has 13 heavy (non-hydrogen) atoms. The van der Waals surface area contributed by atoms with Crippen LogP contribution >= 0.6 is 0 Å². The fourth-order valence-electron chi connectivity index (χ4n) is 4.13. The van der Waals surface area contributed by atoms with Crippen molar-refractivity contribution in [3.8, 4) is 6.26 Å². The molecule has 0 aromatic carbocycles. The van der Waals surface area contributed by atoms with Gasteiger partial charge in [0.15, 0.2) is 0 Å². The van der Waals surface area contributed by atoms with Gasteiger partial charge in [-0.1, -0.05) is 0 Å². The molecule has 0 radical (unpaired) electrons. The molecule has 0 aliphatic heterocycles. The molecule has 4 aliphatic carbocycles. The van der Waals surface area contributed by atoms with E-state index >= 15 is 0 Å². The highest BCUT2D eigenvalue weighted by molar-refractivity contribution is 4.99. The molecule has 70 valence electrons. The Hall–Kier alpha value is -0.710. The van der Waals surface area contributed by atoms with Gasteiger partial charge in [0, 0.05) is 0 Å². The van der Waals surface area contributed by atoms with Crippen LogP contribution in [0.3, 0.4) is 0 Å². The van der Waals surface area contributed by atoms with Crippen LogP contribution in [0, 0.1) is 35.2 Å². The van der Waals surface area contributed by atoms with Gasteiger partial charge in [0.2, 0.25) is 0 Å². The zero-order chi connectivity index (χ0) is 8.84. The molecule has 2 nitrogen and oxygen atoms in total. The van der Waals surface area contributed by atoms with Crippen molar-refractivity contribution in [2.45, 2.75) is 38.2 Å². The lowest BCUT2D eigenvalue weighted by Crippen LogP contribution is -2.48. The second kappa shape index (κ2) is 2.64. The van der Waals surface area contributed by atoms with Gasteiger partial charge in [-0.3, -0.25) is 0 Å². The van der Waals surface area contributed by atoms with E-state index in [4.69, 9.17) is 10.00 Å². The summed E-state index contributed by atoms with van der Waals surface area (Å²) in [5, 5.41) is 8.58. The van der Waals surface area contributed by atoms with Crippen LogP contribution in [0.25, 0.3) is 0 Å². The summed E-state index contributed by atoms with van der Waals surface area (Å²) < 4.78 is 5.22. The largest absolute Gasteiger partial charge is 0.424 e. The maximum absolute atomic E-state index is 8.58. The first-order chi connectivity index (χ1) is 6.36. The van der Waals surface area contributed by atoms with Crippen molar-refractivity contribution >= 4 is 0 Å². The molecule has 0 heterocycles. The molecule has 4 bridgehead atoms. The van der Waals surface area contributed by atoms with Crippen molar-refractivity contribution < 1.29 is 4.74 Å². The zero-order valence-corrected chi connectivity index (χ0v) is 7.78. The van der Waals surface area contributed by atoms with Gasteiger partial charge >= 0.3 is 0 Å². The van der Waals surface area contributed by atoms with Crippen LogP contribution in [-0.4, -0.2) is 6.10 Å². The lowest BCUT2D eigenvalue weighted by Gasteiger charge is -2.52. The molecule has 0 atom stereocenters. The minimum atomic E-state index is 0.290. The Kier molecular flexibility index (Phi) is 1.56. The van der Waals surface area contributed by atoms with Gasteiger partial charge in [-0.15, -0.1) is 0 Å². The van der Waals surface area contributed by atoms with Crippen LogP contribution in [0.15, 0.2) is 0 Å². The van der Waals surface area contributed by atoms with E-state index in [1.54, 1.807) is 0 Å². The van der Waals surface area contributed by atoms with Gasteiger partial charge in [-0.2, -0.15) is 5.26 Å². The molecule has 0 N–H and O–H groups in total. The summed E-state index contributed by atoms with van der Waals surface area (Å²) >= 11 is 0. The molecule has 0 unspecified atom stereocenters. The maximum atomic E-state index is 8.58. The fourth-order valence-corrected chi connectivity index (χ4v) is 4.13. The molecule has 4 aliphatic rings. The number of nitrogens with zero attached hydrogens (tertiary/aromatic N) is 1. The Morgan fingerprint density at radius 1 is 0.923 bits per heavy atom. The summed E-state index contributed by atoms with van der Waals surface area (Å²) in [5.74, 6) is 3.38. The van der Waals surface area contributed by atoms with E-state index in [1.165, 1.54) is 32.1 Å². The first-order valence-corrected chi connectivity index (χ1v) is 5.41. The standard InChI is InChI=1S/C11H15NO/c12-6-13-11-9-2-7-1-8(4-9)5-10(11)3-7/h7-11H,1-5H2. The van der Waals surface area contributed by atoms with E-state index in [9.17, 15) is 0 Å². The number of hydrogen-bond donors (Lipinski definition) is 0. The molecule has 0 saturated heterocycles. The lowest BCUT2D eigenvalue weighted by molar-refractivity contribution is -0.0922. The third kappa shape index (κ3) is 1.06. The second-order valence-electron chi connectivity index (χ2n) is 5.10. The number of hydrogen-bond acceptors (Lipinski definition) is 2. The SMILES string of the molecule is N#COC1C2CC3CC(C2)CC1C3. The third-order valence-corrected chi connectivity index (χ3v) is 4.33. The molecular weight excluding hydrogens is 162 g/mol. The van der Waals surface area contributed by atoms with Gasteiger partial charge in [-0.05, 0) is 55.8 Å². The highest BCUT2D eigenvalue weighted by Gasteiger charge is 2.49. The van der Waals surface area contributed by atoms with Crippen molar-refractivity contribution in [2.75, 3.05) is 0 Å². The van der Waals surface area contributed by atoms with Gasteiger partial charge in [0.05, 0.1) is 0 Å². The van der Waals surface area contributed by atoms with Crippen molar-refractivity contribution in [1.29, 1.82) is 5.26 Å². The van der Waals surface area contributed by atoms with Gasteiger partial charge in [0.25, 0.3) is 6.26 Å². The Labute approximate surface area is 78.9 Å². The number of nitriles is 1. The van der Waals surface area contributed by atoms with E-state index < -0.39 is 0 Å². The highest BCUT2D eigenvalue weighted by Crippen LogP contribution is 2.54. The Bertz CT molecular complexity index is 227. The molecule has 2 heteroatoms. The lowest BCUT2D eigenvalue weighted by atomic mass is 9.55. The summed E-state index contributed by atoms with van der Waals surface area (Å²) in [4.78, 5) is 0. The summed E-state index contributed by atoms with van der Waals surface area (Å²) in [7, 11) is 0. The van der Waals surface area contributed by atoms with E-state index in [-0.39, 0.29) is 6.10 Å². The summed E-state index contributed by atoms with van der Waals surface area (Å²) in [6.07, 6.45) is 8.98. The molecule has 0 aromatic heterocycles. The molecule has 4 rings (SSSR count). The number of rotatable bonds is 1. The van der Waals surface area contributed by atoms with Crippen LogP contribution in [0.5, 0.6) is 0 Å². The zero-order valence-electron chi connectivity index (χ0n) is 7.78.